The van der Waals surface area contributed by atoms with Crippen molar-refractivity contribution in [3.63, 3.8) is 0 Å². The minimum absolute atomic E-state index is 0.0982. The fourth-order valence-corrected chi connectivity index (χ4v) is 2.59. The molecule has 9 heteroatoms. The predicted molar refractivity (Wildman–Crippen MR) is 96.8 cm³/mol. The highest BCUT2D eigenvalue weighted by atomic mass is 16.5. The van der Waals surface area contributed by atoms with Crippen molar-refractivity contribution < 1.29 is 9.53 Å². The van der Waals surface area contributed by atoms with E-state index in [1.807, 2.05) is 31.2 Å². The zero-order valence-corrected chi connectivity index (χ0v) is 15.0. The van der Waals surface area contributed by atoms with Crippen LogP contribution in [0.15, 0.2) is 52.3 Å². The third-order valence-corrected chi connectivity index (χ3v) is 4.07. The molecule has 0 saturated heterocycles. The number of aryl methyl sites for hydroxylation is 1. The number of hydrogen-bond donors (Lipinski definition) is 0. The molecule has 3 rings (SSSR count). The number of rotatable bonds is 6. The zero-order chi connectivity index (χ0) is 19.4. The second-order valence-corrected chi connectivity index (χ2v) is 5.98. The fourth-order valence-electron chi connectivity index (χ4n) is 2.59. The first-order chi connectivity index (χ1) is 13.0. The van der Waals surface area contributed by atoms with Crippen molar-refractivity contribution in [1.82, 2.24) is 23.9 Å². The molecule has 0 unspecified atom stereocenters. The third-order valence-electron chi connectivity index (χ3n) is 4.07. The Morgan fingerprint density at radius 3 is 2.52 bits per heavy atom. The average molecular weight is 369 g/mol. The molecule has 9 nitrogen and oxygen atoms in total. The lowest BCUT2D eigenvalue weighted by Gasteiger charge is -2.14. The number of carbonyl (C=O) groups excluding carboxylic acids is 1. The van der Waals surface area contributed by atoms with Crippen molar-refractivity contribution in [2.75, 3.05) is 7.11 Å². The molecule has 0 spiro atoms. The van der Waals surface area contributed by atoms with E-state index in [9.17, 15) is 14.4 Å². The van der Waals surface area contributed by atoms with Crippen LogP contribution in [0.4, 0.5) is 0 Å². The van der Waals surface area contributed by atoms with Crippen LogP contribution < -0.4 is 11.4 Å². The van der Waals surface area contributed by atoms with Crippen LogP contribution in [0.3, 0.4) is 0 Å². The molecular weight excluding hydrogens is 350 g/mol. The summed E-state index contributed by atoms with van der Waals surface area (Å²) < 4.78 is 8.22. The molecule has 0 atom stereocenters. The molecule has 0 bridgehead atoms. The molecule has 140 valence electrons. The SMILES string of the molecule is COC(=O)CCn1c(=O)nc(-n2cccn2)n(Cc2ccc(C)cc2)c1=O. The zero-order valence-electron chi connectivity index (χ0n) is 15.0. The normalized spacial score (nSPS) is 10.7. The molecule has 0 radical (unpaired) electrons. The minimum Gasteiger partial charge on any atom is -0.469 e. The first kappa shape index (κ1) is 18.3. The first-order valence-corrected chi connectivity index (χ1v) is 8.33. The van der Waals surface area contributed by atoms with E-state index in [2.05, 4.69) is 14.8 Å². The van der Waals surface area contributed by atoms with Gasteiger partial charge in [0.25, 0.3) is 0 Å². The summed E-state index contributed by atoms with van der Waals surface area (Å²) in [5, 5.41) is 4.07. The summed E-state index contributed by atoms with van der Waals surface area (Å²) in [4.78, 5) is 40.7. The van der Waals surface area contributed by atoms with E-state index in [-0.39, 0.29) is 25.5 Å². The number of esters is 1. The molecule has 3 aromatic rings. The Hall–Kier alpha value is -3.49. The van der Waals surface area contributed by atoms with Crippen molar-refractivity contribution in [2.45, 2.75) is 26.4 Å². The van der Waals surface area contributed by atoms with Gasteiger partial charge in [-0.05, 0) is 18.6 Å². The Morgan fingerprint density at radius 1 is 1.15 bits per heavy atom. The molecule has 0 amide bonds. The number of methoxy groups -OCH3 is 1. The van der Waals surface area contributed by atoms with E-state index < -0.39 is 17.3 Å². The van der Waals surface area contributed by atoms with Gasteiger partial charge in [-0.25, -0.2) is 18.8 Å². The quantitative estimate of drug-likeness (QED) is 0.587. The summed E-state index contributed by atoms with van der Waals surface area (Å²) in [6, 6.07) is 9.35. The summed E-state index contributed by atoms with van der Waals surface area (Å²) >= 11 is 0. The molecule has 1 aromatic carbocycles. The molecule has 0 fully saturated rings. The number of aromatic nitrogens is 5. The summed E-state index contributed by atoms with van der Waals surface area (Å²) in [7, 11) is 1.25. The maximum Gasteiger partial charge on any atom is 0.355 e. The second kappa shape index (κ2) is 7.81. The van der Waals surface area contributed by atoms with Gasteiger partial charge in [0.1, 0.15) is 0 Å². The van der Waals surface area contributed by atoms with Gasteiger partial charge in [0.2, 0.25) is 5.95 Å². The fraction of sp³-hybridized carbons (Fsp3) is 0.278. The van der Waals surface area contributed by atoms with E-state index in [4.69, 9.17) is 0 Å². The summed E-state index contributed by atoms with van der Waals surface area (Å²) in [6.07, 6.45) is 3.04. The number of hydrogen-bond acceptors (Lipinski definition) is 6. The van der Waals surface area contributed by atoms with Crippen molar-refractivity contribution in [3.05, 3.63) is 74.8 Å². The average Bonchev–Trinajstić information content (AvgIpc) is 3.19. The van der Waals surface area contributed by atoms with Gasteiger partial charge in [-0.3, -0.25) is 9.36 Å². The Labute approximate surface area is 154 Å². The van der Waals surface area contributed by atoms with Gasteiger partial charge in [0.05, 0.1) is 20.1 Å². The number of carbonyl (C=O) groups is 1. The van der Waals surface area contributed by atoms with Crippen molar-refractivity contribution in [1.29, 1.82) is 0 Å². The molecular formula is C18H19N5O4. The topological polar surface area (TPSA) is 101 Å². The molecule has 0 aliphatic carbocycles. The number of nitrogens with zero attached hydrogens (tertiary/aromatic N) is 5. The molecule has 0 aliphatic heterocycles. The van der Waals surface area contributed by atoms with Gasteiger partial charge in [-0.1, -0.05) is 29.8 Å². The molecule has 0 saturated carbocycles. The monoisotopic (exact) mass is 369 g/mol. The van der Waals surface area contributed by atoms with Crippen LogP contribution in [0, 0.1) is 6.92 Å². The van der Waals surface area contributed by atoms with Crippen LogP contribution in [0.2, 0.25) is 0 Å². The Morgan fingerprint density at radius 2 is 1.89 bits per heavy atom. The van der Waals surface area contributed by atoms with Gasteiger partial charge in [0, 0.05) is 18.9 Å². The Bertz CT molecular complexity index is 1050. The van der Waals surface area contributed by atoms with E-state index in [0.717, 1.165) is 15.7 Å². The lowest BCUT2D eigenvalue weighted by molar-refractivity contribution is -0.140. The summed E-state index contributed by atoms with van der Waals surface area (Å²) in [5.74, 6) is -0.396. The number of benzene rings is 1. The lowest BCUT2D eigenvalue weighted by atomic mass is 10.1. The molecule has 27 heavy (non-hydrogen) atoms. The number of ether oxygens (including phenoxy) is 1. The van der Waals surface area contributed by atoms with Gasteiger partial charge in [0.15, 0.2) is 0 Å². The van der Waals surface area contributed by atoms with Crippen LogP contribution in [0.25, 0.3) is 5.95 Å². The Balaban J connectivity index is 2.09. The predicted octanol–water partition coefficient (Wildman–Crippen LogP) is 0.511. The molecule has 0 N–H and O–H groups in total. The standard InChI is InChI=1S/C18H19N5O4/c1-13-4-6-14(7-5-13)12-22-16(23-10-3-9-19-23)20-17(25)21(18(22)26)11-8-15(24)27-2/h3-7,9-10H,8,11-12H2,1-2H3. The molecule has 0 aliphatic rings. The van der Waals surface area contributed by atoms with E-state index >= 15 is 0 Å². The highest BCUT2D eigenvalue weighted by molar-refractivity contribution is 5.68. The van der Waals surface area contributed by atoms with Crippen LogP contribution in [0.1, 0.15) is 17.5 Å². The van der Waals surface area contributed by atoms with Gasteiger partial charge < -0.3 is 4.74 Å². The third kappa shape index (κ3) is 4.02. The lowest BCUT2D eigenvalue weighted by Crippen LogP contribution is -2.44. The van der Waals surface area contributed by atoms with Crippen LogP contribution in [0.5, 0.6) is 0 Å². The molecule has 2 heterocycles. The minimum atomic E-state index is -0.741. The van der Waals surface area contributed by atoms with Crippen LogP contribution in [-0.2, 0) is 22.6 Å². The van der Waals surface area contributed by atoms with Crippen LogP contribution >= 0.6 is 0 Å². The Kier molecular flexibility index (Phi) is 5.30. The van der Waals surface area contributed by atoms with Crippen molar-refractivity contribution in [2.24, 2.45) is 0 Å². The van der Waals surface area contributed by atoms with Crippen LogP contribution in [-0.4, -0.2) is 37.0 Å². The maximum absolute atomic E-state index is 13.0. The van der Waals surface area contributed by atoms with E-state index in [1.165, 1.54) is 22.6 Å². The van der Waals surface area contributed by atoms with Gasteiger partial charge in [-0.2, -0.15) is 10.1 Å². The summed E-state index contributed by atoms with van der Waals surface area (Å²) in [6.45, 7) is 2.07. The largest absolute Gasteiger partial charge is 0.469 e. The van der Waals surface area contributed by atoms with Gasteiger partial charge >= 0.3 is 17.3 Å². The first-order valence-electron chi connectivity index (χ1n) is 8.33. The highest BCUT2D eigenvalue weighted by Gasteiger charge is 2.16. The van der Waals surface area contributed by atoms with E-state index in [1.54, 1.807) is 12.3 Å². The maximum atomic E-state index is 13.0. The smallest absolute Gasteiger partial charge is 0.355 e. The summed E-state index contributed by atoms with van der Waals surface area (Å²) in [5.41, 5.74) is 0.662. The van der Waals surface area contributed by atoms with Gasteiger partial charge in [-0.15, -0.1) is 0 Å². The highest BCUT2D eigenvalue weighted by Crippen LogP contribution is 2.07. The van der Waals surface area contributed by atoms with Crippen molar-refractivity contribution in [3.8, 4) is 5.95 Å². The van der Waals surface area contributed by atoms with Crippen molar-refractivity contribution >= 4 is 5.97 Å². The van der Waals surface area contributed by atoms with E-state index in [0.29, 0.717) is 0 Å². The molecule has 2 aromatic heterocycles. The second-order valence-electron chi connectivity index (χ2n) is 5.98.